The summed E-state index contributed by atoms with van der Waals surface area (Å²) in [7, 11) is 0. The topological polar surface area (TPSA) is 79.5 Å². The van der Waals surface area contributed by atoms with Crippen molar-refractivity contribution in [3.8, 4) is 5.75 Å². The van der Waals surface area contributed by atoms with E-state index in [-0.39, 0.29) is 16.9 Å². The van der Waals surface area contributed by atoms with E-state index in [1.165, 1.54) is 0 Å². The molecule has 28 heavy (non-hydrogen) atoms. The van der Waals surface area contributed by atoms with E-state index in [0.29, 0.717) is 41.6 Å². The van der Waals surface area contributed by atoms with Gasteiger partial charge in [0.1, 0.15) is 5.75 Å². The molecule has 0 fully saturated rings. The molecule has 6 nitrogen and oxygen atoms in total. The normalized spacial score (nSPS) is 10.3. The van der Waals surface area contributed by atoms with Crippen LogP contribution in [-0.4, -0.2) is 30.1 Å². The fraction of sp³-hybridized carbons (Fsp3) is 0.286. The summed E-state index contributed by atoms with van der Waals surface area (Å²) in [5.74, 6) is 0.319. The molecule has 3 N–H and O–H groups in total. The molecule has 2 aromatic rings. The molecule has 0 unspecified atom stereocenters. The van der Waals surface area contributed by atoms with Gasteiger partial charge in [-0.05, 0) is 55.4 Å². The van der Waals surface area contributed by atoms with Gasteiger partial charge in [0, 0.05) is 17.8 Å². The number of hydrogen-bond donors (Lipinski definition) is 3. The SMILES string of the molecule is CCNC(=O)c1cccc(NC(=S)NC(=O)c2ccccc2OCC(C)C)c1. The number of ether oxygens (including phenoxy) is 1. The van der Waals surface area contributed by atoms with Gasteiger partial charge in [0.15, 0.2) is 5.11 Å². The molecule has 2 rings (SSSR count). The third-order valence-electron chi connectivity index (χ3n) is 3.65. The molecule has 0 aliphatic carbocycles. The van der Waals surface area contributed by atoms with Crippen molar-refractivity contribution in [2.24, 2.45) is 5.92 Å². The van der Waals surface area contributed by atoms with E-state index in [9.17, 15) is 9.59 Å². The molecular formula is C21H25N3O3S. The minimum absolute atomic E-state index is 0.136. The lowest BCUT2D eigenvalue weighted by Gasteiger charge is -2.14. The lowest BCUT2D eigenvalue weighted by Crippen LogP contribution is -2.34. The number of carbonyl (C=O) groups excluding carboxylic acids is 2. The van der Waals surface area contributed by atoms with Crippen molar-refractivity contribution in [2.75, 3.05) is 18.5 Å². The third-order valence-corrected chi connectivity index (χ3v) is 3.86. The molecular weight excluding hydrogens is 374 g/mol. The molecule has 0 atom stereocenters. The Balaban J connectivity index is 2.03. The Labute approximate surface area is 170 Å². The zero-order valence-corrected chi connectivity index (χ0v) is 17.1. The Morgan fingerprint density at radius 2 is 1.82 bits per heavy atom. The van der Waals surface area contributed by atoms with Crippen LogP contribution < -0.4 is 20.7 Å². The average Bonchev–Trinajstić information content (AvgIpc) is 2.66. The van der Waals surface area contributed by atoms with Gasteiger partial charge in [-0.15, -0.1) is 0 Å². The second-order valence-electron chi connectivity index (χ2n) is 6.55. The molecule has 0 saturated heterocycles. The van der Waals surface area contributed by atoms with Crippen molar-refractivity contribution in [2.45, 2.75) is 20.8 Å². The van der Waals surface area contributed by atoms with E-state index in [1.807, 2.05) is 26.8 Å². The molecule has 2 aromatic carbocycles. The Hall–Kier alpha value is -2.93. The molecule has 0 aliphatic rings. The van der Waals surface area contributed by atoms with Gasteiger partial charge in [0.25, 0.3) is 11.8 Å². The van der Waals surface area contributed by atoms with Crippen LogP contribution in [0.5, 0.6) is 5.75 Å². The highest BCUT2D eigenvalue weighted by atomic mass is 32.1. The lowest BCUT2D eigenvalue weighted by atomic mass is 10.2. The fourth-order valence-electron chi connectivity index (χ4n) is 2.37. The lowest BCUT2D eigenvalue weighted by molar-refractivity contribution is 0.0952. The van der Waals surface area contributed by atoms with Crippen molar-refractivity contribution < 1.29 is 14.3 Å². The number of hydrogen-bond acceptors (Lipinski definition) is 4. The van der Waals surface area contributed by atoms with Crippen LogP contribution >= 0.6 is 12.2 Å². The van der Waals surface area contributed by atoms with Gasteiger partial charge in [-0.1, -0.05) is 32.0 Å². The van der Waals surface area contributed by atoms with Crippen LogP contribution in [0.2, 0.25) is 0 Å². The molecule has 0 aromatic heterocycles. The Morgan fingerprint density at radius 3 is 2.54 bits per heavy atom. The molecule has 0 bridgehead atoms. The van der Waals surface area contributed by atoms with Gasteiger partial charge in [0.05, 0.1) is 12.2 Å². The first-order valence-electron chi connectivity index (χ1n) is 9.13. The minimum Gasteiger partial charge on any atom is -0.492 e. The number of anilines is 1. The predicted octanol–water partition coefficient (Wildman–Crippen LogP) is 3.60. The molecule has 7 heteroatoms. The molecule has 0 saturated carbocycles. The first kappa shape index (κ1) is 21.4. The third kappa shape index (κ3) is 6.35. The number of benzene rings is 2. The van der Waals surface area contributed by atoms with Crippen molar-refractivity contribution in [1.29, 1.82) is 0 Å². The first-order valence-corrected chi connectivity index (χ1v) is 9.54. The van der Waals surface area contributed by atoms with Gasteiger partial charge in [-0.3, -0.25) is 14.9 Å². The van der Waals surface area contributed by atoms with Gasteiger partial charge in [-0.2, -0.15) is 0 Å². The Bertz CT molecular complexity index is 852. The average molecular weight is 400 g/mol. The number of carbonyl (C=O) groups is 2. The van der Waals surface area contributed by atoms with Crippen LogP contribution in [0, 0.1) is 5.92 Å². The van der Waals surface area contributed by atoms with E-state index in [2.05, 4.69) is 16.0 Å². The van der Waals surface area contributed by atoms with Crippen LogP contribution in [0.4, 0.5) is 5.69 Å². The highest BCUT2D eigenvalue weighted by Gasteiger charge is 2.14. The number of thiocarbonyl (C=S) groups is 1. The predicted molar refractivity (Wildman–Crippen MR) is 115 cm³/mol. The number of para-hydroxylation sites is 1. The molecule has 0 aliphatic heterocycles. The van der Waals surface area contributed by atoms with Crippen molar-refractivity contribution in [3.63, 3.8) is 0 Å². The zero-order valence-electron chi connectivity index (χ0n) is 16.2. The smallest absolute Gasteiger partial charge is 0.261 e. The second kappa shape index (κ2) is 10.4. The summed E-state index contributed by atoms with van der Waals surface area (Å²) < 4.78 is 5.72. The quantitative estimate of drug-likeness (QED) is 0.620. The van der Waals surface area contributed by atoms with E-state index in [4.69, 9.17) is 17.0 Å². The highest BCUT2D eigenvalue weighted by molar-refractivity contribution is 7.80. The molecule has 0 heterocycles. The van der Waals surface area contributed by atoms with Crippen LogP contribution in [0.3, 0.4) is 0 Å². The van der Waals surface area contributed by atoms with Crippen LogP contribution in [0.15, 0.2) is 48.5 Å². The van der Waals surface area contributed by atoms with Crippen LogP contribution in [0.25, 0.3) is 0 Å². The second-order valence-corrected chi connectivity index (χ2v) is 6.96. The largest absolute Gasteiger partial charge is 0.492 e. The molecule has 2 amide bonds. The molecule has 0 radical (unpaired) electrons. The summed E-state index contributed by atoms with van der Waals surface area (Å²) >= 11 is 5.24. The summed E-state index contributed by atoms with van der Waals surface area (Å²) in [6.45, 7) is 6.99. The molecule has 0 spiro atoms. The summed E-state index contributed by atoms with van der Waals surface area (Å²) in [5.41, 5.74) is 1.52. The van der Waals surface area contributed by atoms with Gasteiger partial charge in [0.2, 0.25) is 0 Å². The van der Waals surface area contributed by atoms with Gasteiger partial charge >= 0.3 is 0 Å². The van der Waals surface area contributed by atoms with E-state index in [1.54, 1.807) is 42.5 Å². The maximum atomic E-state index is 12.6. The number of nitrogens with one attached hydrogen (secondary N) is 3. The summed E-state index contributed by atoms with van der Waals surface area (Å²) in [6, 6.07) is 13.9. The maximum Gasteiger partial charge on any atom is 0.261 e. The van der Waals surface area contributed by atoms with Crippen molar-refractivity contribution >= 4 is 34.8 Å². The standard InChI is InChI=1S/C21H25N3O3S/c1-4-22-19(25)15-8-7-9-16(12-15)23-21(28)24-20(26)17-10-5-6-11-18(17)27-13-14(2)3/h5-12,14H,4,13H2,1-3H3,(H,22,25)(H2,23,24,26,28). The van der Waals surface area contributed by atoms with Gasteiger partial charge in [-0.25, -0.2) is 0 Å². The van der Waals surface area contributed by atoms with Crippen molar-refractivity contribution in [3.05, 3.63) is 59.7 Å². The number of rotatable bonds is 7. The number of amides is 2. The Kier molecular flexibility index (Phi) is 7.95. The van der Waals surface area contributed by atoms with E-state index < -0.39 is 0 Å². The van der Waals surface area contributed by atoms with Gasteiger partial charge < -0.3 is 15.4 Å². The van der Waals surface area contributed by atoms with E-state index in [0.717, 1.165) is 0 Å². The van der Waals surface area contributed by atoms with Crippen LogP contribution in [-0.2, 0) is 0 Å². The summed E-state index contributed by atoms with van der Waals surface area (Å²) in [5, 5.41) is 8.45. The van der Waals surface area contributed by atoms with Crippen molar-refractivity contribution in [1.82, 2.24) is 10.6 Å². The zero-order chi connectivity index (χ0) is 20.5. The Morgan fingerprint density at radius 1 is 1.07 bits per heavy atom. The van der Waals surface area contributed by atoms with Crippen LogP contribution in [0.1, 0.15) is 41.5 Å². The molecule has 148 valence electrons. The minimum atomic E-state index is -0.364. The highest BCUT2D eigenvalue weighted by Crippen LogP contribution is 2.19. The summed E-state index contributed by atoms with van der Waals surface area (Å²) in [4.78, 5) is 24.5. The fourth-order valence-corrected chi connectivity index (χ4v) is 2.58. The maximum absolute atomic E-state index is 12.6. The first-order chi connectivity index (χ1) is 13.4. The monoisotopic (exact) mass is 399 g/mol. The van der Waals surface area contributed by atoms with E-state index >= 15 is 0 Å². The summed E-state index contributed by atoms with van der Waals surface area (Å²) in [6.07, 6.45) is 0.